The maximum Gasteiger partial charge on any atom is 0.101 e. The number of nitriles is 1. The molecule has 0 aliphatic carbocycles. The number of rotatable bonds is 0. The van der Waals surface area contributed by atoms with Gasteiger partial charge in [-0.1, -0.05) is 18.2 Å². The van der Waals surface area contributed by atoms with E-state index in [9.17, 15) is 0 Å². The lowest BCUT2D eigenvalue weighted by molar-refractivity contribution is 0.411. The Morgan fingerprint density at radius 2 is 1.87 bits per heavy atom. The summed E-state index contributed by atoms with van der Waals surface area (Å²) in [6.07, 6.45) is 1.94. The van der Waals surface area contributed by atoms with Crippen molar-refractivity contribution in [2.75, 3.05) is 0 Å². The molecule has 1 aromatic heterocycles. The highest BCUT2D eigenvalue weighted by molar-refractivity contribution is 5.86. The Labute approximate surface area is 89.7 Å². The summed E-state index contributed by atoms with van der Waals surface area (Å²) in [6, 6.07) is 10.3. The van der Waals surface area contributed by atoms with Crippen LogP contribution < -0.4 is 0 Å². The molecule has 0 unspecified atom stereocenters. The van der Waals surface area contributed by atoms with Gasteiger partial charge in [-0.05, 0) is 26.8 Å². The fourth-order valence-electron chi connectivity index (χ4n) is 1.82. The van der Waals surface area contributed by atoms with E-state index in [-0.39, 0.29) is 5.54 Å². The van der Waals surface area contributed by atoms with E-state index in [1.165, 1.54) is 0 Å². The predicted molar refractivity (Wildman–Crippen MR) is 61.6 cm³/mol. The van der Waals surface area contributed by atoms with Crippen LogP contribution in [0.5, 0.6) is 0 Å². The van der Waals surface area contributed by atoms with E-state index in [2.05, 4.69) is 37.5 Å². The first-order chi connectivity index (χ1) is 7.04. The van der Waals surface area contributed by atoms with Crippen LogP contribution in [0.2, 0.25) is 0 Å². The molecule has 0 aliphatic rings. The highest BCUT2D eigenvalue weighted by atomic mass is 15.0. The molecule has 0 saturated carbocycles. The van der Waals surface area contributed by atoms with Crippen LogP contribution in [0.3, 0.4) is 0 Å². The largest absolute Gasteiger partial charge is 0.341 e. The van der Waals surface area contributed by atoms with Gasteiger partial charge >= 0.3 is 0 Å². The van der Waals surface area contributed by atoms with Gasteiger partial charge in [0.2, 0.25) is 0 Å². The van der Waals surface area contributed by atoms with Crippen LogP contribution in [0.15, 0.2) is 30.5 Å². The molecule has 0 aliphatic heterocycles. The smallest absolute Gasteiger partial charge is 0.101 e. The van der Waals surface area contributed by atoms with Gasteiger partial charge in [-0.25, -0.2) is 0 Å². The molecular weight excluding hydrogens is 184 g/mol. The molecule has 0 spiro atoms. The number of hydrogen-bond acceptors (Lipinski definition) is 1. The lowest BCUT2D eigenvalue weighted by Gasteiger charge is -2.22. The third kappa shape index (κ3) is 1.50. The molecule has 15 heavy (non-hydrogen) atoms. The van der Waals surface area contributed by atoms with Crippen LogP contribution in [0, 0.1) is 11.3 Å². The van der Waals surface area contributed by atoms with Crippen LogP contribution in [0.25, 0.3) is 10.9 Å². The fourth-order valence-corrected chi connectivity index (χ4v) is 1.82. The molecule has 2 aromatic rings. The van der Waals surface area contributed by atoms with Crippen molar-refractivity contribution >= 4 is 10.9 Å². The first kappa shape index (κ1) is 9.79. The Balaban J connectivity index is 2.84. The molecule has 0 bridgehead atoms. The van der Waals surface area contributed by atoms with Gasteiger partial charge in [0.1, 0.15) is 6.07 Å². The second kappa shape index (κ2) is 3.13. The van der Waals surface area contributed by atoms with Crippen LogP contribution >= 0.6 is 0 Å². The van der Waals surface area contributed by atoms with E-state index in [0.29, 0.717) is 0 Å². The maximum atomic E-state index is 9.05. The summed E-state index contributed by atoms with van der Waals surface area (Å²) in [4.78, 5) is 0. The Morgan fingerprint density at radius 1 is 1.20 bits per heavy atom. The quantitative estimate of drug-likeness (QED) is 0.638. The minimum Gasteiger partial charge on any atom is -0.341 e. The Bertz CT molecular complexity index is 536. The van der Waals surface area contributed by atoms with Crippen LogP contribution in [-0.2, 0) is 5.54 Å². The normalized spacial score (nSPS) is 11.6. The van der Waals surface area contributed by atoms with Crippen molar-refractivity contribution in [1.82, 2.24) is 4.57 Å². The van der Waals surface area contributed by atoms with Gasteiger partial charge in [-0.3, -0.25) is 0 Å². The maximum absolute atomic E-state index is 9.05. The van der Waals surface area contributed by atoms with Crippen LogP contribution in [0.4, 0.5) is 0 Å². The van der Waals surface area contributed by atoms with E-state index in [1.807, 2.05) is 24.4 Å². The molecule has 0 amide bonds. The minimum absolute atomic E-state index is 0.00863. The van der Waals surface area contributed by atoms with Gasteiger partial charge in [0.25, 0.3) is 0 Å². The van der Waals surface area contributed by atoms with Crippen molar-refractivity contribution in [1.29, 1.82) is 5.26 Å². The second-order valence-corrected chi connectivity index (χ2v) is 4.71. The second-order valence-electron chi connectivity index (χ2n) is 4.71. The number of aromatic nitrogens is 1. The first-order valence-electron chi connectivity index (χ1n) is 5.05. The molecule has 2 nitrogen and oxygen atoms in total. The lowest BCUT2D eigenvalue weighted by atomic mass is 10.1. The summed E-state index contributed by atoms with van der Waals surface area (Å²) >= 11 is 0. The van der Waals surface area contributed by atoms with Gasteiger partial charge < -0.3 is 4.57 Å². The highest BCUT2D eigenvalue weighted by Gasteiger charge is 2.17. The summed E-state index contributed by atoms with van der Waals surface area (Å²) < 4.78 is 2.15. The minimum atomic E-state index is 0.00863. The molecule has 0 saturated heterocycles. The number of nitrogens with zero attached hydrogens (tertiary/aromatic N) is 2. The standard InChI is InChI=1S/C13H14N2/c1-13(2,3)15-9-10(8-14)11-6-4-5-7-12(11)15/h4-7,9H,1-3H3. The third-order valence-corrected chi connectivity index (χ3v) is 2.56. The lowest BCUT2D eigenvalue weighted by Crippen LogP contribution is -2.20. The molecule has 76 valence electrons. The van der Waals surface area contributed by atoms with Crippen LogP contribution in [-0.4, -0.2) is 4.57 Å². The number of fused-ring (bicyclic) bond motifs is 1. The average Bonchev–Trinajstić information content (AvgIpc) is 2.55. The third-order valence-electron chi connectivity index (χ3n) is 2.56. The van der Waals surface area contributed by atoms with E-state index < -0.39 is 0 Å². The van der Waals surface area contributed by atoms with Gasteiger partial charge in [0.15, 0.2) is 0 Å². The number of para-hydroxylation sites is 1. The van der Waals surface area contributed by atoms with E-state index in [4.69, 9.17) is 5.26 Å². The summed E-state index contributed by atoms with van der Waals surface area (Å²) in [6.45, 7) is 6.42. The zero-order valence-electron chi connectivity index (χ0n) is 9.28. The van der Waals surface area contributed by atoms with Crippen molar-refractivity contribution < 1.29 is 0 Å². The van der Waals surface area contributed by atoms with Gasteiger partial charge in [0.05, 0.1) is 5.56 Å². The van der Waals surface area contributed by atoms with Crippen molar-refractivity contribution in [2.24, 2.45) is 0 Å². The number of hydrogen-bond donors (Lipinski definition) is 0. The van der Waals surface area contributed by atoms with E-state index in [1.54, 1.807) is 0 Å². The monoisotopic (exact) mass is 198 g/mol. The summed E-state index contributed by atoms with van der Waals surface area (Å²) in [5, 5.41) is 10.1. The molecule has 1 heterocycles. The molecule has 2 rings (SSSR count). The van der Waals surface area contributed by atoms with Crippen molar-refractivity contribution in [3.05, 3.63) is 36.0 Å². The van der Waals surface area contributed by atoms with Crippen molar-refractivity contribution in [3.63, 3.8) is 0 Å². The molecule has 0 radical (unpaired) electrons. The zero-order chi connectivity index (χ0) is 11.1. The summed E-state index contributed by atoms with van der Waals surface area (Å²) in [5.74, 6) is 0. The molecule has 0 N–H and O–H groups in total. The molecule has 0 atom stereocenters. The molecule has 2 heteroatoms. The Kier molecular flexibility index (Phi) is 2.04. The molecule has 1 aromatic carbocycles. The first-order valence-corrected chi connectivity index (χ1v) is 5.05. The Morgan fingerprint density at radius 3 is 2.47 bits per heavy atom. The average molecular weight is 198 g/mol. The SMILES string of the molecule is CC(C)(C)n1cc(C#N)c2ccccc21. The van der Waals surface area contributed by atoms with Crippen LogP contribution in [0.1, 0.15) is 26.3 Å². The Hall–Kier alpha value is -1.75. The van der Waals surface area contributed by atoms with E-state index in [0.717, 1.165) is 16.5 Å². The summed E-state index contributed by atoms with van der Waals surface area (Å²) in [5.41, 5.74) is 1.89. The predicted octanol–water partition coefficient (Wildman–Crippen LogP) is 3.27. The van der Waals surface area contributed by atoms with Gasteiger partial charge in [-0.2, -0.15) is 5.26 Å². The van der Waals surface area contributed by atoms with Gasteiger partial charge in [-0.15, -0.1) is 0 Å². The van der Waals surface area contributed by atoms with Gasteiger partial charge in [0, 0.05) is 22.6 Å². The topological polar surface area (TPSA) is 28.7 Å². The molecule has 0 fully saturated rings. The molecular formula is C13H14N2. The summed E-state index contributed by atoms with van der Waals surface area (Å²) in [7, 11) is 0. The highest BCUT2D eigenvalue weighted by Crippen LogP contribution is 2.26. The number of benzene rings is 1. The fraction of sp³-hybridized carbons (Fsp3) is 0.308. The van der Waals surface area contributed by atoms with Crippen molar-refractivity contribution in [2.45, 2.75) is 26.3 Å². The van der Waals surface area contributed by atoms with E-state index >= 15 is 0 Å². The van der Waals surface area contributed by atoms with Crippen molar-refractivity contribution in [3.8, 4) is 6.07 Å². The zero-order valence-corrected chi connectivity index (χ0v) is 9.28.